The normalized spacial score (nSPS) is 21.5. The van der Waals surface area contributed by atoms with E-state index in [1.54, 1.807) is 6.26 Å². The molecular formula is C13H25F3O3S2Si. The van der Waals surface area contributed by atoms with Gasteiger partial charge in [0.2, 0.25) is 0 Å². The predicted octanol–water partition coefficient (Wildman–Crippen LogP) is 4.58. The lowest BCUT2D eigenvalue weighted by Gasteiger charge is -2.38. The largest absolute Gasteiger partial charge is 0.523 e. The van der Waals surface area contributed by atoms with Crippen molar-refractivity contribution in [1.82, 2.24) is 0 Å². The zero-order chi connectivity index (χ0) is 17.2. The third-order valence-corrected chi connectivity index (χ3v) is 12.6. The molecule has 1 aliphatic rings. The van der Waals surface area contributed by atoms with Gasteiger partial charge < -0.3 is 0 Å². The van der Waals surface area contributed by atoms with Crippen molar-refractivity contribution < 1.29 is 25.2 Å². The van der Waals surface area contributed by atoms with E-state index in [1.165, 1.54) is 5.57 Å². The molecule has 0 aromatic heterocycles. The summed E-state index contributed by atoms with van der Waals surface area (Å²) in [5, 5.41) is 0.430. The molecule has 0 bridgehead atoms. The monoisotopic (exact) mass is 378 g/mol. The molecule has 132 valence electrons. The molecule has 0 N–H and O–H groups in total. The molecule has 1 atom stereocenters. The van der Waals surface area contributed by atoms with Crippen molar-refractivity contribution in [3.05, 3.63) is 11.6 Å². The van der Waals surface area contributed by atoms with Crippen molar-refractivity contribution in [3.63, 3.8) is 0 Å². The van der Waals surface area contributed by atoms with E-state index in [0.717, 1.165) is 25.7 Å². The highest BCUT2D eigenvalue weighted by Gasteiger charge is 2.50. The first-order valence-electron chi connectivity index (χ1n) is 7.18. The first-order valence-corrected chi connectivity index (χ1v) is 14.6. The standard InChI is InChI=1S/C13H25F3O3S2Si/c1-20(11-22(2,3)4,10-9-12-7-5-6-8-12)19-21(17,18)13(14,15)16/h9H,5-8,10-11H2,1-4H3. The molecule has 1 fully saturated rings. The maximum Gasteiger partial charge on any atom is 0.523 e. The highest BCUT2D eigenvalue weighted by molar-refractivity contribution is 8.33. The molecule has 1 unspecified atom stereocenters. The fourth-order valence-electron chi connectivity index (χ4n) is 2.61. The van der Waals surface area contributed by atoms with E-state index in [-0.39, 0.29) is 5.75 Å². The Morgan fingerprint density at radius 2 is 1.68 bits per heavy atom. The number of hydrogen-bond acceptors (Lipinski definition) is 3. The van der Waals surface area contributed by atoms with Gasteiger partial charge in [0.1, 0.15) is 0 Å². The molecule has 0 saturated heterocycles. The van der Waals surface area contributed by atoms with Crippen LogP contribution in [0.2, 0.25) is 19.6 Å². The van der Waals surface area contributed by atoms with Crippen LogP contribution in [-0.2, 0) is 13.7 Å². The average molecular weight is 379 g/mol. The van der Waals surface area contributed by atoms with Crippen molar-refractivity contribution in [2.75, 3.05) is 17.4 Å². The Balaban J connectivity index is 2.98. The average Bonchev–Trinajstić information content (AvgIpc) is 2.73. The first-order chi connectivity index (χ1) is 9.74. The molecule has 9 heteroatoms. The first kappa shape index (κ1) is 20.1. The second kappa shape index (κ2) is 6.86. The van der Waals surface area contributed by atoms with Gasteiger partial charge in [-0.25, -0.2) is 3.63 Å². The lowest BCUT2D eigenvalue weighted by molar-refractivity contribution is -0.0495. The van der Waals surface area contributed by atoms with Gasteiger partial charge in [-0.2, -0.15) is 21.6 Å². The summed E-state index contributed by atoms with van der Waals surface area (Å²) in [6.07, 6.45) is 7.55. The van der Waals surface area contributed by atoms with Crippen molar-refractivity contribution in [3.8, 4) is 0 Å². The van der Waals surface area contributed by atoms with E-state index < -0.39 is 34.0 Å². The SMILES string of the molecule is C[Si](C)(C)CS(C)(CC=C1CCCC1)OS(=O)(=O)C(F)(F)F. The van der Waals surface area contributed by atoms with Crippen LogP contribution in [0.3, 0.4) is 0 Å². The molecule has 22 heavy (non-hydrogen) atoms. The minimum atomic E-state index is -5.54. The molecule has 0 radical (unpaired) electrons. The third-order valence-electron chi connectivity index (χ3n) is 3.25. The summed E-state index contributed by atoms with van der Waals surface area (Å²) in [5.41, 5.74) is -4.15. The summed E-state index contributed by atoms with van der Waals surface area (Å²) in [4.78, 5) is 0. The summed E-state index contributed by atoms with van der Waals surface area (Å²) in [6.45, 7) is 6.01. The van der Waals surface area contributed by atoms with Crippen LogP contribution in [-0.4, -0.2) is 39.4 Å². The van der Waals surface area contributed by atoms with Crippen LogP contribution in [0.5, 0.6) is 0 Å². The van der Waals surface area contributed by atoms with E-state index in [0.29, 0.717) is 5.38 Å². The van der Waals surface area contributed by atoms with Crippen LogP contribution in [0.1, 0.15) is 25.7 Å². The maximum absolute atomic E-state index is 12.6. The number of rotatable bonds is 6. The van der Waals surface area contributed by atoms with Gasteiger partial charge in [0, 0.05) is 5.75 Å². The van der Waals surface area contributed by atoms with E-state index in [4.69, 9.17) is 3.63 Å². The Kier molecular flexibility index (Phi) is 6.25. The number of hydrogen-bond donors (Lipinski definition) is 0. The molecule has 1 saturated carbocycles. The van der Waals surface area contributed by atoms with E-state index >= 15 is 0 Å². The molecule has 0 aromatic carbocycles. The third kappa shape index (κ3) is 6.25. The number of allylic oxidation sites excluding steroid dienone is 1. The predicted molar refractivity (Wildman–Crippen MR) is 89.2 cm³/mol. The fourth-order valence-corrected chi connectivity index (χ4v) is 13.9. The zero-order valence-corrected chi connectivity index (χ0v) is 16.1. The molecule has 0 heterocycles. The van der Waals surface area contributed by atoms with Crippen LogP contribution < -0.4 is 0 Å². The molecule has 1 aliphatic carbocycles. The van der Waals surface area contributed by atoms with Crippen LogP contribution in [0.25, 0.3) is 0 Å². The van der Waals surface area contributed by atoms with E-state index in [9.17, 15) is 21.6 Å². The van der Waals surface area contributed by atoms with Crippen LogP contribution in [0.15, 0.2) is 11.6 Å². The fraction of sp³-hybridized carbons (Fsp3) is 0.846. The Morgan fingerprint density at radius 1 is 1.18 bits per heavy atom. The van der Waals surface area contributed by atoms with E-state index in [1.807, 2.05) is 25.7 Å². The van der Waals surface area contributed by atoms with Gasteiger partial charge in [0.05, 0.1) is 8.07 Å². The van der Waals surface area contributed by atoms with Crippen LogP contribution in [0.4, 0.5) is 13.2 Å². The minimum absolute atomic E-state index is 0.280. The van der Waals surface area contributed by atoms with Crippen molar-refractivity contribution >= 4 is 28.5 Å². The van der Waals surface area contributed by atoms with Gasteiger partial charge in [-0.1, -0.05) is 31.3 Å². The van der Waals surface area contributed by atoms with Gasteiger partial charge in [-0.3, -0.25) is 0 Å². The van der Waals surface area contributed by atoms with Gasteiger partial charge in [0.25, 0.3) is 0 Å². The summed E-state index contributed by atoms with van der Waals surface area (Å²) >= 11 is 0. The summed E-state index contributed by atoms with van der Waals surface area (Å²) in [5.74, 6) is 0.280. The second-order valence-electron chi connectivity index (χ2n) is 7.09. The molecule has 0 aliphatic heterocycles. The quantitative estimate of drug-likeness (QED) is 0.386. The van der Waals surface area contributed by atoms with Gasteiger partial charge in [-0.15, -0.1) is 10.3 Å². The minimum Gasteiger partial charge on any atom is -0.213 e. The topological polar surface area (TPSA) is 43.4 Å². The second-order valence-corrected chi connectivity index (χ2v) is 18.0. The Morgan fingerprint density at radius 3 is 2.09 bits per heavy atom. The van der Waals surface area contributed by atoms with Crippen molar-refractivity contribution in [2.45, 2.75) is 50.8 Å². The smallest absolute Gasteiger partial charge is 0.213 e. The van der Waals surface area contributed by atoms with Crippen molar-refractivity contribution in [1.29, 1.82) is 0 Å². The molecular weight excluding hydrogens is 353 g/mol. The molecule has 0 spiro atoms. The van der Waals surface area contributed by atoms with Gasteiger partial charge >= 0.3 is 15.6 Å². The highest BCUT2D eigenvalue weighted by atomic mass is 32.3. The number of halogens is 3. The Labute approximate surface area is 134 Å². The van der Waals surface area contributed by atoms with Crippen molar-refractivity contribution in [2.24, 2.45) is 0 Å². The Hall–Kier alpha value is 0.00688. The van der Waals surface area contributed by atoms with Crippen LogP contribution in [0, 0.1) is 0 Å². The summed E-state index contributed by atoms with van der Waals surface area (Å²) in [7, 11) is -9.67. The number of alkyl halides is 3. The Bertz CT molecular complexity index is 516. The van der Waals surface area contributed by atoms with Gasteiger partial charge in [-0.05, 0) is 37.3 Å². The summed E-state index contributed by atoms with van der Waals surface area (Å²) < 4.78 is 65.5. The zero-order valence-electron chi connectivity index (χ0n) is 13.5. The highest BCUT2D eigenvalue weighted by Crippen LogP contribution is 2.51. The molecule has 1 rings (SSSR count). The maximum atomic E-state index is 12.6. The van der Waals surface area contributed by atoms with E-state index in [2.05, 4.69) is 0 Å². The summed E-state index contributed by atoms with van der Waals surface area (Å²) in [6, 6.07) is 0. The lowest BCUT2D eigenvalue weighted by Crippen LogP contribution is -2.35. The van der Waals surface area contributed by atoms with Crippen LogP contribution >= 0.6 is 10.3 Å². The van der Waals surface area contributed by atoms with Gasteiger partial charge in [0.15, 0.2) is 0 Å². The lowest BCUT2D eigenvalue weighted by atomic mass is 10.2. The molecule has 0 amide bonds. The molecule has 3 nitrogen and oxygen atoms in total. The molecule has 0 aromatic rings.